The van der Waals surface area contributed by atoms with Gasteiger partial charge in [0.1, 0.15) is 0 Å². The minimum atomic E-state index is 0.917. The van der Waals surface area contributed by atoms with E-state index < -0.39 is 0 Å². The molecule has 0 N–H and O–H groups in total. The fourth-order valence-corrected chi connectivity index (χ4v) is 2.76. The van der Waals surface area contributed by atoms with Gasteiger partial charge in [-0.15, -0.1) is 0 Å². The van der Waals surface area contributed by atoms with Gasteiger partial charge in [0.25, 0.3) is 0 Å². The summed E-state index contributed by atoms with van der Waals surface area (Å²) in [5.74, 6) is 1.20. The number of hydrogen-bond donors (Lipinski definition) is 0. The molecular formula is C21H42O. The van der Waals surface area contributed by atoms with Crippen molar-refractivity contribution < 1.29 is 4.74 Å². The molecule has 0 rings (SSSR count). The van der Waals surface area contributed by atoms with Crippen molar-refractivity contribution in [3.8, 4) is 0 Å². The minimum Gasteiger partial charge on any atom is -0.498 e. The van der Waals surface area contributed by atoms with Crippen molar-refractivity contribution in [2.24, 2.45) is 0 Å². The molecule has 0 bridgehead atoms. The van der Waals surface area contributed by atoms with Crippen LogP contribution in [0, 0.1) is 0 Å². The van der Waals surface area contributed by atoms with E-state index in [0.717, 1.165) is 19.4 Å². The summed E-state index contributed by atoms with van der Waals surface area (Å²) in [6.07, 6.45) is 22.5. The highest BCUT2D eigenvalue weighted by molar-refractivity contribution is 4.91. The van der Waals surface area contributed by atoms with Gasteiger partial charge in [-0.2, -0.15) is 0 Å². The Morgan fingerprint density at radius 2 is 1.14 bits per heavy atom. The highest BCUT2D eigenvalue weighted by Crippen LogP contribution is 2.12. The molecule has 1 heteroatoms. The second-order valence-corrected chi connectivity index (χ2v) is 6.55. The van der Waals surface area contributed by atoms with E-state index in [4.69, 9.17) is 4.74 Å². The van der Waals surface area contributed by atoms with Crippen LogP contribution in [0.25, 0.3) is 0 Å². The lowest BCUT2D eigenvalue weighted by atomic mass is 10.1. The summed E-state index contributed by atoms with van der Waals surface area (Å²) >= 11 is 0. The van der Waals surface area contributed by atoms with E-state index in [2.05, 4.69) is 26.8 Å². The quantitative estimate of drug-likeness (QED) is 0.197. The summed E-state index contributed by atoms with van der Waals surface area (Å²) in [5.41, 5.74) is 0. The van der Waals surface area contributed by atoms with Crippen LogP contribution in [0.3, 0.4) is 0 Å². The largest absolute Gasteiger partial charge is 0.498 e. The van der Waals surface area contributed by atoms with E-state index in [-0.39, 0.29) is 0 Å². The Hall–Kier alpha value is -0.460. The molecule has 0 saturated carbocycles. The molecule has 0 aliphatic heterocycles. The standard InChI is InChI=1S/C21H42O/c1-4-7-9-10-11-12-13-14-15-16-17-18-20-22-21(6-3)19-8-5-2/h19H,4-18,20H2,1-3H3. The zero-order valence-corrected chi connectivity index (χ0v) is 15.8. The zero-order valence-electron chi connectivity index (χ0n) is 15.8. The molecule has 0 atom stereocenters. The summed E-state index contributed by atoms with van der Waals surface area (Å²) in [6.45, 7) is 7.61. The molecular weight excluding hydrogens is 268 g/mol. The number of hydrogen-bond acceptors (Lipinski definition) is 1. The maximum absolute atomic E-state index is 5.85. The minimum absolute atomic E-state index is 0.917. The molecule has 132 valence electrons. The Kier molecular flexibility index (Phi) is 18.2. The average Bonchev–Trinajstić information content (AvgIpc) is 2.54. The van der Waals surface area contributed by atoms with Crippen molar-refractivity contribution in [3.05, 3.63) is 11.8 Å². The van der Waals surface area contributed by atoms with E-state index in [0.29, 0.717) is 0 Å². The molecule has 0 aliphatic carbocycles. The third-order valence-corrected chi connectivity index (χ3v) is 4.29. The highest BCUT2D eigenvalue weighted by Gasteiger charge is 1.96. The van der Waals surface area contributed by atoms with Crippen LogP contribution in [0.5, 0.6) is 0 Å². The molecule has 0 heterocycles. The summed E-state index contributed by atoms with van der Waals surface area (Å²) in [7, 11) is 0. The normalized spacial score (nSPS) is 11.9. The van der Waals surface area contributed by atoms with Crippen molar-refractivity contribution in [2.75, 3.05) is 6.61 Å². The third kappa shape index (κ3) is 15.9. The second kappa shape index (κ2) is 18.6. The van der Waals surface area contributed by atoms with Crippen LogP contribution in [0.15, 0.2) is 11.8 Å². The van der Waals surface area contributed by atoms with Crippen LogP contribution in [0.2, 0.25) is 0 Å². The first-order chi connectivity index (χ1) is 10.8. The summed E-state index contributed by atoms with van der Waals surface area (Å²) in [5, 5.41) is 0. The summed E-state index contributed by atoms with van der Waals surface area (Å²) < 4.78 is 5.85. The maximum Gasteiger partial charge on any atom is 0.0917 e. The van der Waals surface area contributed by atoms with E-state index in [1.54, 1.807) is 0 Å². The fourth-order valence-electron chi connectivity index (χ4n) is 2.76. The van der Waals surface area contributed by atoms with Crippen LogP contribution in [-0.4, -0.2) is 6.61 Å². The van der Waals surface area contributed by atoms with E-state index in [9.17, 15) is 0 Å². The highest BCUT2D eigenvalue weighted by atomic mass is 16.5. The summed E-state index contributed by atoms with van der Waals surface area (Å²) in [4.78, 5) is 0. The second-order valence-electron chi connectivity index (χ2n) is 6.55. The molecule has 0 aromatic carbocycles. The van der Waals surface area contributed by atoms with Crippen molar-refractivity contribution >= 4 is 0 Å². The lowest BCUT2D eigenvalue weighted by Crippen LogP contribution is -1.95. The topological polar surface area (TPSA) is 9.23 Å². The zero-order chi connectivity index (χ0) is 16.3. The SMILES string of the molecule is CCCC=C(CC)OCCCCCCCCCCCCCC. The smallest absolute Gasteiger partial charge is 0.0917 e. The van der Waals surface area contributed by atoms with Gasteiger partial charge in [-0.3, -0.25) is 0 Å². The number of unbranched alkanes of at least 4 members (excludes halogenated alkanes) is 12. The molecule has 0 fully saturated rings. The molecule has 0 aliphatic rings. The van der Waals surface area contributed by atoms with Gasteiger partial charge >= 0.3 is 0 Å². The Bertz CT molecular complexity index is 232. The van der Waals surface area contributed by atoms with Crippen LogP contribution in [0.4, 0.5) is 0 Å². The van der Waals surface area contributed by atoms with Gasteiger partial charge in [0, 0.05) is 6.42 Å². The Morgan fingerprint density at radius 1 is 0.636 bits per heavy atom. The molecule has 22 heavy (non-hydrogen) atoms. The monoisotopic (exact) mass is 310 g/mol. The first kappa shape index (κ1) is 21.5. The van der Waals surface area contributed by atoms with Crippen molar-refractivity contribution in [1.82, 2.24) is 0 Å². The molecule has 0 amide bonds. The fraction of sp³-hybridized carbons (Fsp3) is 0.905. The van der Waals surface area contributed by atoms with E-state index in [1.807, 2.05) is 0 Å². The van der Waals surface area contributed by atoms with Gasteiger partial charge in [0.2, 0.25) is 0 Å². The van der Waals surface area contributed by atoms with Crippen LogP contribution in [0.1, 0.15) is 117 Å². The molecule has 0 radical (unpaired) electrons. The summed E-state index contributed by atoms with van der Waals surface area (Å²) in [6, 6.07) is 0. The van der Waals surface area contributed by atoms with Gasteiger partial charge in [-0.1, -0.05) is 97.8 Å². The van der Waals surface area contributed by atoms with Gasteiger partial charge in [-0.05, 0) is 18.9 Å². The van der Waals surface area contributed by atoms with E-state index >= 15 is 0 Å². The molecule has 0 aromatic heterocycles. The molecule has 0 saturated heterocycles. The predicted molar refractivity (Wildman–Crippen MR) is 100 cm³/mol. The average molecular weight is 311 g/mol. The van der Waals surface area contributed by atoms with Gasteiger partial charge in [0.15, 0.2) is 0 Å². The predicted octanol–water partition coefficient (Wildman–Crippen LogP) is 7.80. The first-order valence-electron chi connectivity index (χ1n) is 10.2. The van der Waals surface area contributed by atoms with Gasteiger partial charge < -0.3 is 4.74 Å². The maximum atomic E-state index is 5.85. The van der Waals surface area contributed by atoms with Gasteiger partial charge in [0.05, 0.1) is 12.4 Å². The van der Waals surface area contributed by atoms with E-state index in [1.165, 1.54) is 89.2 Å². The Morgan fingerprint density at radius 3 is 1.59 bits per heavy atom. The van der Waals surface area contributed by atoms with Crippen molar-refractivity contribution in [1.29, 1.82) is 0 Å². The van der Waals surface area contributed by atoms with Crippen molar-refractivity contribution in [3.63, 3.8) is 0 Å². The van der Waals surface area contributed by atoms with Crippen LogP contribution < -0.4 is 0 Å². The lowest BCUT2D eigenvalue weighted by molar-refractivity contribution is 0.196. The molecule has 1 nitrogen and oxygen atoms in total. The number of allylic oxidation sites excluding steroid dienone is 2. The van der Waals surface area contributed by atoms with Gasteiger partial charge in [-0.25, -0.2) is 0 Å². The Balaban J connectivity index is 3.20. The molecule has 0 spiro atoms. The molecule has 0 unspecified atom stereocenters. The number of rotatable bonds is 17. The molecule has 0 aromatic rings. The third-order valence-electron chi connectivity index (χ3n) is 4.29. The lowest BCUT2D eigenvalue weighted by Gasteiger charge is -2.08. The first-order valence-corrected chi connectivity index (χ1v) is 10.2. The van der Waals surface area contributed by atoms with Crippen LogP contribution >= 0.6 is 0 Å². The Labute approximate surface area is 140 Å². The number of ether oxygens (including phenoxy) is 1. The van der Waals surface area contributed by atoms with Crippen molar-refractivity contribution in [2.45, 2.75) is 117 Å². The van der Waals surface area contributed by atoms with Crippen LogP contribution in [-0.2, 0) is 4.74 Å².